The predicted molar refractivity (Wildman–Crippen MR) is 125 cm³/mol. The summed E-state index contributed by atoms with van der Waals surface area (Å²) in [5.74, 6) is 0.325. The number of carbonyl (C=O) groups is 1. The van der Waals surface area contributed by atoms with Crippen LogP contribution in [0.4, 0.5) is 10.5 Å². The second-order valence-electron chi connectivity index (χ2n) is 7.47. The van der Waals surface area contributed by atoms with Gasteiger partial charge in [-0.2, -0.15) is 0 Å². The molecular weight excluding hydrogens is 448 g/mol. The second-order valence-corrected chi connectivity index (χ2v) is 9.79. The van der Waals surface area contributed by atoms with Crippen LogP contribution in [0, 0.1) is 5.92 Å². The largest absolute Gasteiger partial charge is 0.337 e. The Morgan fingerprint density at radius 1 is 0.906 bits per heavy atom. The average Bonchev–Trinajstić information content (AvgIpc) is 3.32. The maximum Gasteiger partial charge on any atom is 0.319 e. The molecule has 0 bridgehead atoms. The Hall–Kier alpha value is -2.91. The molecule has 1 fully saturated rings. The Morgan fingerprint density at radius 3 is 2.22 bits per heavy atom. The minimum atomic E-state index is -3.80. The fourth-order valence-corrected chi connectivity index (χ4v) is 5.22. The highest BCUT2D eigenvalue weighted by Gasteiger charge is 2.23. The summed E-state index contributed by atoms with van der Waals surface area (Å²) in [6, 6.07) is 19.7. The minimum absolute atomic E-state index is 0.131. The topological polar surface area (TPSA) is 99.3 Å². The van der Waals surface area contributed by atoms with Crippen LogP contribution >= 0.6 is 11.6 Å². The van der Waals surface area contributed by atoms with Crippen molar-refractivity contribution < 1.29 is 13.2 Å². The summed E-state index contributed by atoms with van der Waals surface area (Å²) in [5.41, 5.74) is 7.71. The summed E-state index contributed by atoms with van der Waals surface area (Å²) in [4.78, 5) is 12.4. The van der Waals surface area contributed by atoms with Crippen molar-refractivity contribution in [1.82, 2.24) is 16.2 Å². The van der Waals surface area contributed by atoms with E-state index in [2.05, 4.69) is 21.5 Å². The van der Waals surface area contributed by atoms with E-state index in [-0.39, 0.29) is 15.8 Å². The molecule has 32 heavy (non-hydrogen) atoms. The Labute approximate surface area is 192 Å². The highest BCUT2D eigenvalue weighted by atomic mass is 35.5. The number of nitrogens with one attached hydrogen (secondary N) is 4. The van der Waals surface area contributed by atoms with Gasteiger partial charge in [-0.05, 0) is 36.4 Å². The van der Waals surface area contributed by atoms with Crippen molar-refractivity contribution >= 4 is 33.2 Å². The molecule has 0 radical (unpaired) electrons. The van der Waals surface area contributed by atoms with Gasteiger partial charge < -0.3 is 10.6 Å². The molecule has 0 aliphatic carbocycles. The molecule has 1 aliphatic heterocycles. The fraction of sp³-hybridized carbons (Fsp3) is 0.174. The van der Waals surface area contributed by atoms with E-state index in [1.165, 1.54) is 12.1 Å². The molecule has 0 aromatic heterocycles. The summed E-state index contributed by atoms with van der Waals surface area (Å²) >= 11 is 6.32. The van der Waals surface area contributed by atoms with E-state index < -0.39 is 9.84 Å². The molecule has 0 spiro atoms. The van der Waals surface area contributed by atoms with E-state index in [0.29, 0.717) is 34.3 Å². The molecular formula is C23H23ClN4O3S. The number of anilines is 1. The lowest BCUT2D eigenvalue weighted by molar-refractivity contribution is 0.250. The van der Waals surface area contributed by atoms with Crippen molar-refractivity contribution in [3.63, 3.8) is 0 Å². The second kappa shape index (κ2) is 9.70. The van der Waals surface area contributed by atoms with Gasteiger partial charge in [0.2, 0.25) is 9.84 Å². The first-order valence-electron chi connectivity index (χ1n) is 10.1. The van der Waals surface area contributed by atoms with E-state index >= 15 is 0 Å². The summed E-state index contributed by atoms with van der Waals surface area (Å²) in [6.07, 6.45) is 0. The molecule has 0 unspecified atom stereocenters. The van der Waals surface area contributed by atoms with E-state index in [0.717, 1.165) is 13.1 Å². The standard InChI is InChI=1S/C23H23ClN4O3S/c24-21-7-3-1-5-19(21)20-6-2-4-8-22(20)32(30,31)18-11-9-17(10-12-18)28-23(29)25-13-16-14-26-27-15-16/h1-12,16,26-27H,13-15H2,(H2,25,28,29). The van der Waals surface area contributed by atoms with Gasteiger partial charge >= 0.3 is 6.03 Å². The molecule has 0 saturated carbocycles. The molecule has 1 heterocycles. The molecule has 166 valence electrons. The molecule has 1 saturated heterocycles. The molecule has 3 aromatic rings. The molecule has 0 atom stereocenters. The van der Waals surface area contributed by atoms with Gasteiger partial charge in [0.05, 0.1) is 9.79 Å². The van der Waals surface area contributed by atoms with Crippen LogP contribution in [-0.2, 0) is 9.84 Å². The summed E-state index contributed by atoms with van der Waals surface area (Å²) in [7, 11) is -3.80. The number of benzene rings is 3. The van der Waals surface area contributed by atoms with Gasteiger partial charge in [-0.1, -0.05) is 48.0 Å². The van der Waals surface area contributed by atoms with E-state index in [1.54, 1.807) is 54.6 Å². The van der Waals surface area contributed by atoms with Crippen LogP contribution in [-0.4, -0.2) is 34.1 Å². The average molecular weight is 471 g/mol. The molecule has 2 amide bonds. The third-order valence-corrected chi connectivity index (χ3v) is 7.38. The first-order valence-corrected chi connectivity index (χ1v) is 12.0. The van der Waals surface area contributed by atoms with Crippen molar-refractivity contribution in [3.8, 4) is 11.1 Å². The first kappa shape index (κ1) is 22.3. The smallest absolute Gasteiger partial charge is 0.319 e. The molecule has 7 nitrogen and oxygen atoms in total. The molecule has 1 aliphatic rings. The van der Waals surface area contributed by atoms with Crippen LogP contribution in [0.25, 0.3) is 11.1 Å². The third-order valence-electron chi connectivity index (χ3n) is 5.22. The number of urea groups is 1. The van der Waals surface area contributed by atoms with E-state index in [9.17, 15) is 13.2 Å². The molecule has 9 heteroatoms. The number of rotatable bonds is 6. The van der Waals surface area contributed by atoms with Gasteiger partial charge in [-0.15, -0.1) is 0 Å². The Bertz CT molecular complexity index is 1210. The Kier molecular flexibility index (Phi) is 6.76. The number of hydrogen-bond donors (Lipinski definition) is 4. The van der Waals surface area contributed by atoms with Gasteiger partial charge in [-0.3, -0.25) is 10.9 Å². The number of hydrogen-bond acceptors (Lipinski definition) is 5. The SMILES string of the molecule is O=C(NCC1CNNC1)Nc1ccc(S(=O)(=O)c2ccccc2-c2ccccc2Cl)cc1. The molecule has 3 aromatic carbocycles. The van der Waals surface area contributed by atoms with Crippen LogP contribution in [0.15, 0.2) is 82.6 Å². The summed E-state index contributed by atoms with van der Waals surface area (Å²) in [5, 5.41) is 6.02. The lowest BCUT2D eigenvalue weighted by atomic mass is 10.1. The number of carbonyl (C=O) groups excluding carboxylic acids is 1. The third kappa shape index (κ3) is 4.94. The van der Waals surface area contributed by atoms with Gasteiger partial charge in [0.1, 0.15) is 0 Å². The normalized spacial score (nSPS) is 14.3. The number of halogens is 1. The van der Waals surface area contributed by atoms with E-state index in [4.69, 9.17) is 11.6 Å². The fourth-order valence-electron chi connectivity index (χ4n) is 3.51. The lowest BCUT2D eigenvalue weighted by Crippen LogP contribution is -2.34. The van der Waals surface area contributed by atoms with Crippen molar-refractivity contribution in [1.29, 1.82) is 0 Å². The van der Waals surface area contributed by atoms with Crippen molar-refractivity contribution in [2.24, 2.45) is 5.92 Å². The Morgan fingerprint density at radius 2 is 1.53 bits per heavy atom. The van der Waals surface area contributed by atoms with Gasteiger partial charge in [0, 0.05) is 47.4 Å². The predicted octanol–water partition coefficient (Wildman–Crippen LogP) is 3.69. The van der Waals surface area contributed by atoms with Crippen LogP contribution < -0.4 is 21.5 Å². The lowest BCUT2D eigenvalue weighted by Gasteiger charge is -2.13. The number of hydrazine groups is 1. The summed E-state index contributed by atoms with van der Waals surface area (Å²) < 4.78 is 26.7. The van der Waals surface area contributed by atoms with Gasteiger partial charge in [0.15, 0.2) is 0 Å². The first-order chi connectivity index (χ1) is 15.4. The zero-order valence-electron chi connectivity index (χ0n) is 17.1. The quantitative estimate of drug-likeness (QED) is 0.440. The van der Waals surface area contributed by atoms with Gasteiger partial charge in [-0.25, -0.2) is 13.2 Å². The zero-order valence-corrected chi connectivity index (χ0v) is 18.7. The molecule has 4 N–H and O–H groups in total. The zero-order chi connectivity index (χ0) is 22.6. The highest BCUT2D eigenvalue weighted by molar-refractivity contribution is 7.91. The van der Waals surface area contributed by atoms with E-state index in [1.807, 2.05) is 6.07 Å². The summed E-state index contributed by atoms with van der Waals surface area (Å²) in [6.45, 7) is 2.13. The highest BCUT2D eigenvalue weighted by Crippen LogP contribution is 2.35. The van der Waals surface area contributed by atoms with Crippen LogP contribution in [0.2, 0.25) is 5.02 Å². The van der Waals surface area contributed by atoms with Gasteiger partial charge in [0.25, 0.3) is 0 Å². The number of sulfone groups is 1. The van der Waals surface area contributed by atoms with Crippen molar-refractivity contribution in [2.75, 3.05) is 25.0 Å². The minimum Gasteiger partial charge on any atom is -0.337 e. The maximum absolute atomic E-state index is 13.4. The maximum atomic E-state index is 13.4. The monoisotopic (exact) mass is 470 g/mol. The Balaban J connectivity index is 1.52. The van der Waals surface area contributed by atoms with Crippen molar-refractivity contribution in [3.05, 3.63) is 77.8 Å². The van der Waals surface area contributed by atoms with Crippen LogP contribution in [0.5, 0.6) is 0 Å². The van der Waals surface area contributed by atoms with Crippen molar-refractivity contribution in [2.45, 2.75) is 9.79 Å². The van der Waals surface area contributed by atoms with Crippen LogP contribution in [0.1, 0.15) is 0 Å². The van der Waals surface area contributed by atoms with Crippen LogP contribution in [0.3, 0.4) is 0 Å². The number of amides is 2. The molecule has 4 rings (SSSR count).